The molecule has 2 rings (SSSR count). The molecular formula is C23H28F3NO4S. The van der Waals surface area contributed by atoms with Crippen LogP contribution in [0.1, 0.15) is 55.5 Å². The van der Waals surface area contributed by atoms with Crippen molar-refractivity contribution in [3.63, 3.8) is 0 Å². The van der Waals surface area contributed by atoms with Crippen molar-refractivity contribution in [2.24, 2.45) is 0 Å². The van der Waals surface area contributed by atoms with Gasteiger partial charge in [-0.05, 0) is 42.7 Å². The molecule has 0 aromatic heterocycles. The number of halogens is 3. The highest BCUT2D eigenvalue weighted by atomic mass is 32.2. The first-order valence-corrected chi connectivity index (χ1v) is 12.3. The van der Waals surface area contributed by atoms with Gasteiger partial charge in [0.15, 0.2) is 9.84 Å². The predicted molar refractivity (Wildman–Crippen MR) is 119 cm³/mol. The average Bonchev–Trinajstić information content (AvgIpc) is 2.71. The zero-order valence-electron chi connectivity index (χ0n) is 18.4. The van der Waals surface area contributed by atoms with Crippen molar-refractivity contribution in [3.05, 3.63) is 47.5 Å². The zero-order chi connectivity index (χ0) is 24.1. The van der Waals surface area contributed by atoms with E-state index in [2.05, 4.69) is 0 Å². The van der Waals surface area contributed by atoms with E-state index in [1.165, 1.54) is 18.2 Å². The van der Waals surface area contributed by atoms with Crippen molar-refractivity contribution in [1.82, 2.24) is 0 Å². The van der Waals surface area contributed by atoms with Crippen molar-refractivity contribution in [1.29, 1.82) is 0 Å². The van der Waals surface area contributed by atoms with Gasteiger partial charge in [0.25, 0.3) is 0 Å². The van der Waals surface area contributed by atoms with Crippen LogP contribution in [0.25, 0.3) is 11.1 Å². The molecule has 0 atom stereocenters. The molecule has 1 N–H and O–H groups in total. The Labute approximate surface area is 186 Å². The molecule has 0 aliphatic heterocycles. The van der Waals surface area contributed by atoms with Crippen LogP contribution in [-0.2, 0) is 16.0 Å². The van der Waals surface area contributed by atoms with Gasteiger partial charge in [-0.15, -0.1) is 0 Å². The maximum absolute atomic E-state index is 13.0. The molecule has 2 aromatic rings. The molecular weight excluding hydrogens is 443 g/mol. The number of anilines is 1. The highest BCUT2D eigenvalue weighted by Gasteiger charge is 2.31. The highest BCUT2D eigenvalue weighted by molar-refractivity contribution is 7.90. The van der Waals surface area contributed by atoms with Crippen molar-refractivity contribution >= 4 is 21.5 Å². The second-order valence-corrected chi connectivity index (χ2v) is 9.70. The Hall–Kier alpha value is -2.55. The van der Waals surface area contributed by atoms with E-state index in [4.69, 9.17) is 0 Å². The number of carboxylic acids is 1. The Morgan fingerprint density at radius 3 is 1.94 bits per heavy atom. The fourth-order valence-corrected chi connectivity index (χ4v) is 4.37. The van der Waals surface area contributed by atoms with Crippen molar-refractivity contribution in [2.45, 2.75) is 50.6 Å². The van der Waals surface area contributed by atoms with Crippen LogP contribution in [-0.4, -0.2) is 38.8 Å². The molecule has 0 heterocycles. The lowest BCUT2D eigenvalue weighted by Gasteiger charge is -2.29. The number of aromatic carboxylic acids is 1. The SMILES string of the molecule is CCCCN(CCCC)c1cc(C(=O)O)cc(S(C)(=O)=O)c1-c1ccc(C(F)(F)F)cc1. The lowest BCUT2D eigenvalue weighted by atomic mass is 9.98. The Balaban J connectivity index is 2.84. The molecule has 176 valence electrons. The largest absolute Gasteiger partial charge is 0.478 e. The van der Waals surface area contributed by atoms with Crippen LogP contribution in [0.2, 0.25) is 0 Å². The first-order valence-electron chi connectivity index (χ1n) is 10.4. The fraction of sp³-hybridized carbons (Fsp3) is 0.435. The van der Waals surface area contributed by atoms with Gasteiger partial charge >= 0.3 is 12.1 Å². The molecule has 0 unspecified atom stereocenters. The molecule has 0 bridgehead atoms. The lowest BCUT2D eigenvalue weighted by Crippen LogP contribution is -2.27. The van der Waals surface area contributed by atoms with Gasteiger partial charge in [-0.1, -0.05) is 38.8 Å². The van der Waals surface area contributed by atoms with Crippen molar-refractivity contribution < 1.29 is 31.5 Å². The van der Waals surface area contributed by atoms with E-state index in [0.717, 1.165) is 50.1 Å². The lowest BCUT2D eigenvalue weighted by molar-refractivity contribution is -0.137. The molecule has 0 saturated carbocycles. The molecule has 2 aromatic carbocycles. The summed E-state index contributed by atoms with van der Waals surface area (Å²) in [4.78, 5) is 13.5. The monoisotopic (exact) mass is 471 g/mol. The second-order valence-electron chi connectivity index (χ2n) is 7.72. The number of benzene rings is 2. The Bertz CT molecular complexity index is 1040. The minimum absolute atomic E-state index is 0.186. The van der Waals surface area contributed by atoms with Gasteiger partial charge in [0.2, 0.25) is 0 Å². The van der Waals surface area contributed by atoms with E-state index in [1.54, 1.807) is 0 Å². The molecule has 0 radical (unpaired) electrons. The topological polar surface area (TPSA) is 74.7 Å². The highest BCUT2D eigenvalue weighted by Crippen LogP contribution is 2.40. The van der Waals surface area contributed by atoms with Gasteiger partial charge in [0, 0.05) is 30.6 Å². The van der Waals surface area contributed by atoms with E-state index >= 15 is 0 Å². The number of hydrogen-bond acceptors (Lipinski definition) is 4. The molecule has 0 aliphatic carbocycles. The maximum atomic E-state index is 13.0. The molecule has 32 heavy (non-hydrogen) atoms. The number of hydrogen-bond donors (Lipinski definition) is 1. The smallest absolute Gasteiger partial charge is 0.416 e. The van der Waals surface area contributed by atoms with Gasteiger partial charge in [-0.3, -0.25) is 0 Å². The summed E-state index contributed by atoms with van der Waals surface area (Å²) in [7, 11) is -3.89. The van der Waals surface area contributed by atoms with Crippen LogP contribution < -0.4 is 4.90 Å². The van der Waals surface area contributed by atoms with Crippen LogP contribution >= 0.6 is 0 Å². The van der Waals surface area contributed by atoms with Crippen LogP contribution in [0.4, 0.5) is 18.9 Å². The zero-order valence-corrected chi connectivity index (χ0v) is 19.2. The first kappa shape index (κ1) is 25.7. The summed E-state index contributed by atoms with van der Waals surface area (Å²) in [6.07, 6.45) is -0.231. The summed E-state index contributed by atoms with van der Waals surface area (Å²) >= 11 is 0. The van der Waals surface area contributed by atoms with Crippen LogP contribution in [0.5, 0.6) is 0 Å². The Morgan fingerprint density at radius 1 is 1.00 bits per heavy atom. The van der Waals surface area contributed by atoms with E-state index < -0.39 is 27.5 Å². The Kier molecular flexibility index (Phi) is 8.34. The summed E-state index contributed by atoms with van der Waals surface area (Å²) in [5.74, 6) is -1.28. The summed E-state index contributed by atoms with van der Waals surface area (Å²) in [6.45, 7) is 5.14. The normalized spacial score (nSPS) is 12.1. The minimum Gasteiger partial charge on any atom is -0.478 e. The molecule has 0 saturated heterocycles. The molecule has 0 amide bonds. The van der Waals surface area contributed by atoms with E-state index in [1.807, 2.05) is 18.7 Å². The fourth-order valence-electron chi connectivity index (χ4n) is 3.43. The third-order valence-electron chi connectivity index (χ3n) is 5.13. The third kappa shape index (κ3) is 6.25. The summed E-state index contributed by atoms with van der Waals surface area (Å²) in [6, 6.07) is 6.75. The molecule has 9 heteroatoms. The average molecular weight is 472 g/mol. The van der Waals surface area contributed by atoms with E-state index in [-0.39, 0.29) is 21.6 Å². The Morgan fingerprint density at radius 2 is 1.53 bits per heavy atom. The number of nitrogens with zero attached hydrogens (tertiary/aromatic N) is 1. The quantitative estimate of drug-likeness (QED) is 0.468. The van der Waals surface area contributed by atoms with Crippen LogP contribution in [0, 0.1) is 0 Å². The standard InChI is InChI=1S/C23H28F3NO4S/c1-4-6-12-27(13-7-5-2)19-14-17(22(28)29)15-20(32(3,30)31)21(19)16-8-10-18(11-9-16)23(24,25)26/h8-11,14-15H,4-7,12-13H2,1-3H3,(H,28,29). The van der Waals surface area contributed by atoms with Crippen molar-refractivity contribution in [3.8, 4) is 11.1 Å². The second kappa shape index (κ2) is 10.4. The summed E-state index contributed by atoms with van der Waals surface area (Å²) < 4.78 is 64.4. The number of carboxylic acid groups (broad SMARTS) is 1. The van der Waals surface area contributed by atoms with Gasteiger partial charge in [0.1, 0.15) is 0 Å². The number of alkyl halides is 3. The minimum atomic E-state index is -4.53. The number of rotatable bonds is 10. The van der Waals surface area contributed by atoms with Crippen LogP contribution in [0.15, 0.2) is 41.3 Å². The number of sulfone groups is 1. The molecule has 5 nitrogen and oxygen atoms in total. The van der Waals surface area contributed by atoms with Gasteiger partial charge < -0.3 is 10.0 Å². The molecule has 0 aliphatic rings. The first-order chi connectivity index (χ1) is 14.9. The molecule has 0 spiro atoms. The summed E-state index contributed by atoms with van der Waals surface area (Å²) in [5.41, 5.74) is -0.137. The van der Waals surface area contributed by atoms with E-state index in [9.17, 15) is 31.5 Å². The number of unbranched alkanes of at least 4 members (excludes halogenated alkanes) is 2. The van der Waals surface area contributed by atoms with Crippen LogP contribution in [0.3, 0.4) is 0 Å². The van der Waals surface area contributed by atoms with Gasteiger partial charge in [-0.2, -0.15) is 13.2 Å². The van der Waals surface area contributed by atoms with Gasteiger partial charge in [0.05, 0.1) is 16.0 Å². The summed E-state index contributed by atoms with van der Waals surface area (Å²) in [5, 5.41) is 9.58. The molecule has 0 fully saturated rings. The van der Waals surface area contributed by atoms with Gasteiger partial charge in [-0.25, -0.2) is 13.2 Å². The predicted octanol–water partition coefficient (Wildman–Crippen LogP) is 5.88. The third-order valence-corrected chi connectivity index (χ3v) is 6.25. The van der Waals surface area contributed by atoms with Crippen molar-refractivity contribution in [2.75, 3.05) is 24.2 Å². The number of carbonyl (C=O) groups is 1. The maximum Gasteiger partial charge on any atom is 0.416 e. The van der Waals surface area contributed by atoms with E-state index in [0.29, 0.717) is 18.8 Å².